The van der Waals surface area contributed by atoms with E-state index in [4.69, 9.17) is 9.15 Å². The van der Waals surface area contributed by atoms with Gasteiger partial charge in [0.05, 0.1) is 24.8 Å². The molecule has 31 heavy (non-hydrogen) atoms. The Bertz CT molecular complexity index is 1000. The molecule has 1 aromatic heterocycles. The van der Waals surface area contributed by atoms with Gasteiger partial charge in [-0.05, 0) is 61.0 Å². The zero-order chi connectivity index (χ0) is 21.9. The highest BCUT2D eigenvalue weighted by molar-refractivity contribution is 8.00. The minimum absolute atomic E-state index is 0.0944. The molecule has 2 aromatic carbocycles. The predicted octanol–water partition coefficient (Wildman–Crippen LogP) is 3.53. The van der Waals surface area contributed by atoms with E-state index < -0.39 is 0 Å². The van der Waals surface area contributed by atoms with E-state index in [1.165, 1.54) is 17.3 Å². The zero-order valence-electron chi connectivity index (χ0n) is 17.0. The first kappa shape index (κ1) is 22.2. The van der Waals surface area contributed by atoms with Crippen LogP contribution in [0.4, 0.5) is 0 Å². The van der Waals surface area contributed by atoms with Crippen molar-refractivity contribution < 1.29 is 18.7 Å². The number of benzene rings is 2. The molecule has 0 aliphatic heterocycles. The summed E-state index contributed by atoms with van der Waals surface area (Å²) in [5, 5.41) is 6.68. The first-order chi connectivity index (χ1) is 15.1. The van der Waals surface area contributed by atoms with Crippen LogP contribution in [0.1, 0.15) is 16.9 Å². The van der Waals surface area contributed by atoms with Gasteiger partial charge in [-0.1, -0.05) is 17.7 Å². The molecule has 0 saturated heterocycles. The third-order valence-corrected chi connectivity index (χ3v) is 5.10. The first-order valence-electron chi connectivity index (χ1n) is 9.62. The summed E-state index contributed by atoms with van der Waals surface area (Å²) in [5.74, 6) is 1.10. The molecule has 0 spiro atoms. The third-order valence-electron chi connectivity index (χ3n) is 4.08. The Morgan fingerprint density at radius 3 is 2.55 bits per heavy atom. The number of aryl methyl sites for hydroxylation is 1. The Morgan fingerprint density at radius 2 is 1.84 bits per heavy atom. The molecule has 7 nitrogen and oxygen atoms in total. The molecule has 0 aliphatic carbocycles. The summed E-state index contributed by atoms with van der Waals surface area (Å²) in [6.07, 6.45) is 3.10. The summed E-state index contributed by atoms with van der Waals surface area (Å²) in [6, 6.07) is 18.6. The first-order valence-corrected chi connectivity index (χ1v) is 10.6. The average molecular weight is 438 g/mol. The standard InChI is InChI=1S/C23H23N3O4S/c1-17-4-10-21(11-5-17)31-16-23(28)26-25-13-18-6-8-19(9-7-18)30-15-22(27)24-14-20-3-2-12-29-20/h2-13H,14-16H2,1H3,(H,24,27)(H,26,28)/b25-13-. The maximum Gasteiger partial charge on any atom is 0.258 e. The summed E-state index contributed by atoms with van der Waals surface area (Å²) >= 11 is 1.46. The fraction of sp³-hybridized carbons (Fsp3) is 0.174. The third kappa shape index (κ3) is 8.02. The van der Waals surface area contributed by atoms with Gasteiger partial charge in [0.1, 0.15) is 11.5 Å². The summed E-state index contributed by atoms with van der Waals surface area (Å²) in [5.41, 5.74) is 4.49. The van der Waals surface area contributed by atoms with E-state index in [1.807, 2.05) is 31.2 Å². The normalized spacial score (nSPS) is 10.7. The number of carbonyl (C=O) groups excluding carboxylic acids is 2. The van der Waals surface area contributed by atoms with Gasteiger partial charge in [0.25, 0.3) is 5.91 Å². The highest BCUT2D eigenvalue weighted by Gasteiger charge is 2.04. The number of amides is 2. The summed E-state index contributed by atoms with van der Waals surface area (Å²) in [7, 11) is 0. The van der Waals surface area contributed by atoms with E-state index in [-0.39, 0.29) is 24.2 Å². The van der Waals surface area contributed by atoms with Crippen LogP contribution in [0.5, 0.6) is 5.75 Å². The topological polar surface area (TPSA) is 92.9 Å². The summed E-state index contributed by atoms with van der Waals surface area (Å²) in [6.45, 7) is 2.25. The van der Waals surface area contributed by atoms with Crippen LogP contribution in [0.3, 0.4) is 0 Å². The number of carbonyl (C=O) groups is 2. The molecule has 0 bridgehead atoms. The van der Waals surface area contributed by atoms with Gasteiger partial charge in [0, 0.05) is 4.90 Å². The van der Waals surface area contributed by atoms with Crippen molar-refractivity contribution in [3.63, 3.8) is 0 Å². The lowest BCUT2D eigenvalue weighted by molar-refractivity contribution is -0.123. The highest BCUT2D eigenvalue weighted by Crippen LogP contribution is 2.17. The number of hydrogen-bond acceptors (Lipinski definition) is 6. The minimum atomic E-state index is -0.242. The number of nitrogens with one attached hydrogen (secondary N) is 2. The van der Waals surface area contributed by atoms with Crippen LogP contribution in [-0.2, 0) is 16.1 Å². The number of thioether (sulfide) groups is 1. The van der Waals surface area contributed by atoms with Gasteiger partial charge in [-0.15, -0.1) is 11.8 Å². The van der Waals surface area contributed by atoms with E-state index >= 15 is 0 Å². The molecule has 2 N–H and O–H groups in total. The molecule has 160 valence electrons. The fourth-order valence-corrected chi connectivity index (χ4v) is 3.13. The van der Waals surface area contributed by atoms with Crippen molar-refractivity contribution in [1.29, 1.82) is 0 Å². The van der Waals surface area contributed by atoms with Crippen molar-refractivity contribution in [3.05, 3.63) is 83.8 Å². The number of hydrazone groups is 1. The van der Waals surface area contributed by atoms with Crippen molar-refractivity contribution in [2.24, 2.45) is 5.10 Å². The van der Waals surface area contributed by atoms with E-state index in [0.717, 1.165) is 10.5 Å². The van der Waals surface area contributed by atoms with E-state index in [1.54, 1.807) is 48.9 Å². The van der Waals surface area contributed by atoms with Crippen molar-refractivity contribution in [2.75, 3.05) is 12.4 Å². The van der Waals surface area contributed by atoms with E-state index in [9.17, 15) is 9.59 Å². The van der Waals surface area contributed by atoms with Crippen LogP contribution in [-0.4, -0.2) is 30.4 Å². The molecule has 0 fully saturated rings. The van der Waals surface area contributed by atoms with Gasteiger partial charge in [-0.2, -0.15) is 5.10 Å². The van der Waals surface area contributed by atoms with Crippen molar-refractivity contribution in [3.8, 4) is 5.75 Å². The number of hydrogen-bond donors (Lipinski definition) is 2. The van der Waals surface area contributed by atoms with Crippen LogP contribution in [0.2, 0.25) is 0 Å². The second-order valence-corrected chi connectivity index (χ2v) is 7.66. The summed E-state index contributed by atoms with van der Waals surface area (Å²) in [4.78, 5) is 24.7. The van der Waals surface area contributed by atoms with Gasteiger partial charge >= 0.3 is 0 Å². The second-order valence-electron chi connectivity index (χ2n) is 6.61. The molecule has 2 amide bonds. The molecular formula is C23H23N3O4S. The number of furan rings is 1. The molecule has 0 atom stereocenters. The zero-order valence-corrected chi connectivity index (χ0v) is 17.9. The number of rotatable bonds is 10. The summed E-state index contributed by atoms with van der Waals surface area (Å²) < 4.78 is 10.6. The minimum Gasteiger partial charge on any atom is -0.484 e. The molecule has 0 radical (unpaired) electrons. The number of nitrogens with zero attached hydrogens (tertiary/aromatic N) is 1. The SMILES string of the molecule is Cc1ccc(SCC(=O)N/N=C\c2ccc(OCC(=O)NCc3ccco3)cc2)cc1. The Balaban J connectivity index is 1.35. The van der Waals surface area contributed by atoms with Crippen LogP contribution >= 0.6 is 11.8 Å². The predicted molar refractivity (Wildman–Crippen MR) is 120 cm³/mol. The molecule has 0 aliphatic rings. The maximum atomic E-state index is 11.9. The average Bonchev–Trinajstić information content (AvgIpc) is 3.30. The van der Waals surface area contributed by atoms with E-state index in [2.05, 4.69) is 15.8 Å². The molecule has 0 unspecified atom stereocenters. The van der Waals surface area contributed by atoms with E-state index in [0.29, 0.717) is 18.1 Å². The molecule has 1 heterocycles. The van der Waals surface area contributed by atoms with Crippen LogP contribution in [0.15, 0.2) is 81.3 Å². The van der Waals surface area contributed by atoms with Gasteiger partial charge in [0.15, 0.2) is 6.61 Å². The second kappa shape index (κ2) is 11.6. The maximum absolute atomic E-state index is 11.9. The lowest BCUT2D eigenvalue weighted by atomic mass is 10.2. The van der Waals surface area contributed by atoms with Gasteiger partial charge in [0.2, 0.25) is 5.91 Å². The van der Waals surface area contributed by atoms with Crippen LogP contribution < -0.4 is 15.5 Å². The smallest absolute Gasteiger partial charge is 0.258 e. The molecule has 3 aromatic rings. The van der Waals surface area contributed by atoms with Crippen molar-refractivity contribution >= 4 is 29.8 Å². The lowest BCUT2D eigenvalue weighted by Crippen LogP contribution is -2.28. The van der Waals surface area contributed by atoms with Crippen LogP contribution in [0, 0.1) is 6.92 Å². The molecule has 3 rings (SSSR count). The Morgan fingerprint density at radius 1 is 1.06 bits per heavy atom. The Labute approximate surface area is 184 Å². The molecule has 0 saturated carbocycles. The van der Waals surface area contributed by atoms with Crippen molar-refractivity contribution in [1.82, 2.24) is 10.7 Å². The fourth-order valence-electron chi connectivity index (χ4n) is 2.44. The largest absolute Gasteiger partial charge is 0.484 e. The number of ether oxygens (including phenoxy) is 1. The quantitative estimate of drug-likeness (QED) is 0.288. The van der Waals surface area contributed by atoms with Gasteiger partial charge < -0.3 is 14.5 Å². The monoisotopic (exact) mass is 437 g/mol. The Hall–Kier alpha value is -3.52. The molecule has 8 heteroatoms. The highest BCUT2D eigenvalue weighted by atomic mass is 32.2. The Kier molecular flexibility index (Phi) is 8.30. The van der Waals surface area contributed by atoms with Crippen molar-refractivity contribution in [2.45, 2.75) is 18.4 Å². The molecular weight excluding hydrogens is 414 g/mol. The van der Waals surface area contributed by atoms with Gasteiger partial charge in [-0.25, -0.2) is 5.43 Å². The van der Waals surface area contributed by atoms with Crippen LogP contribution in [0.25, 0.3) is 0 Å². The lowest BCUT2D eigenvalue weighted by Gasteiger charge is -2.06. The van der Waals surface area contributed by atoms with Gasteiger partial charge in [-0.3, -0.25) is 9.59 Å².